The zero-order valence-corrected chi connectivity index (χ0v) is 17.6. The second-order valence-corrected chi connectivity index (χ2v) is 7.94. The molecular formula is C23H20F3N5O2. The third-order valence-corrected chi connectivity index (χ3v) is 5.92. The highest BCUT2D eigenvalue weighted by atomic mass is 19.4. The van der Waals surface area contributed by atoms with E-state index in [9.17, 15) is 18.0 Å². The third kappa shape index (κ3) is 3.66. The van der Waals surface area contributed by atoms with Gasteiger partial charge in [-0.3, -0.25) is 9.20 Å². The molecule has 170 valence electrons. The Morgan fingerprint density at radius 1 is 1.15 bits per heavy atom. The Bertz CT molecular complexity index is 1360. The summed E-state index contributed by atoms with van der Waals surface area (Å²) in [5.41, 5.74) is 8.29. The van der Waals surface area contributed by atoms with Gasteiger partial charge in [0.25, 0.3) is 5.91 Å². The fourth-order valence-electron chi connectivity index (χ4n) is 4.23. The smallest absolute Gasteiger partial charge is 0.382 e. The number of ether oxygens (including phenoxy) is 1. The van der Waals surface area contributed by atoms with Gasteiger partial charge in [-0.15, -0.1) is 0 Å². The zero-order valence-electron chi connectivity index (χ0n) is 17.6. The van der Waals surface area contributed by atoms with Crippen LogP contribution < -0.4 is 5.73 Å². The van der Waals surface area contributed by atoms with E-state index in [0.29, 0.717) is 52.5 Å². The molecule has 2 aromatic heterocycles. The molecule has 1 saturated heterocycles. The first kappa shape index (κ1) is 21.2. The number of imidazole rings is 1. The molecule has 0 aliphatic carbocycles. The van der Waals surface area contributed by atoms with Crippen molar-refractivity contribution >= 4 is 28.3 Å². The molecule has 1 fully saturated rings. The number of benzene rings is 2. The molecule has 0 saturated carbocycles. The number of morpholine rings is 1. The van der Waals surface area contributed by atoms with Gasteiger partial charge in [-0.25, -0.2) is 9.97 Å². The van der Waals surface area contributed by atoms with Crippen LogP contribution in [0.4, 0.5) is 19.0 Å². The van der Waals surface area contributed by atoms with Gasteiger partial charge in [-0.2, -0.15) is 13.2 Å². The number of aromatic nitrogens is 3. The molecule has 1 atom stereocenters. The minimum atomic E-state index is -4.42. The molecule has 1 amide bonds. The minimum absolute atomic E-state index is 0.202. The molecule has 10 heteroatoms. The van der Waals surface area contributed by atoms with Crippen molar-refractivity contribution in [2.45, 2.75) is 19.1 Å². The molecule has 0 radical (unpaired) electrons. The van der Waals surface area contributed by atoms with Gasteiger partial charge in [0.2, 0.25) is 0 Å². The Labute approximate surface area is 186 Å². The number of alkyl halides is 3. The van der Waals surface area contributed by atoms with Crippen LogP contribution in [0.5, 0.6) is 0 Å². The predicted octanol–water partition coefficient (Wildman–Crippen LogP) is 4.01. The molecule has 0 bridgehead atoms. The number of nitrogens with zero attached hydrogens (tertiary/aromatic N) is 4. The number of amides is 1. The van der Waals surface area contributed by atoms with Crippen LogP contribution >= 0.6 is 0 Å². The molecule has 33 heavy (non-hydrogen) atoms. The van der Waals surface area contributed by atoms with E-state index in [2.05, 4.69) is 9.97 Å². The van der Waals surface area contributed by atoms with Gasteiger partial charge in [-0.1, -0.05) is 12.1 Å². The van der Waals surface area contributed by atoms with Crippen molar-refractivity contribution in [1.82, 2.24) is 19.3 Å². The number of rotatable bonds is 2. The Morgan fingerprint density at radius 2 is 1.91 bits per heavy atom. The maximum absolute atomic E-state index is 13.5. The summed E-state index contributed by atoms with van der Waals surface area (Å²) in [6, 6.07) is 9.49. The van der Waals surface area contributed by atoms with Crippen LogP contribution in [0.1, 0.15) is 33.4 Å². The quantitative estimate of drug-likeness (QED) is 0.494. The average Bonchev–Trinajstić information content (AvgIpc) is 3.20. The Morgan fingerprint density at radius 3 is 2.64 bits per heavy atom. The number of fused-ring (bicyclic) bond motifs is 3. The van der Waals surface area contributed by atoms with Gasteiger partial charge in [0.05, 0.1) is 42.0 Å². The van der Waals surface area contributed by atoms with Crippen molar-refractivity contribution in [1.29, 1.82) is 0 Å². The SMILES string of the molecule is Cc1ncc2c(N)nc3ccc(C(=O)N4CCOC[C@H]4c4ccc(C(F)(F)F)cc4)cc3n12. The summed E-state index contributed by atoms with van der Waals surface area (Å²) in [7, 11) is 0. The monoisotopic (exact) mass is 455 g/mol. The molecule has 2 N–H and O–H groups in total. The first-order chi connectivity index (χ1) is 15.7. The van der Waals surface area contributed by atoms with Gasteiger partial charge >= 0.3 is 6.18 Å². The lowest BCUT2D eigenvalue weighted by Crippen LogP contribution is -2.43. The van der Waals surface area contributed by atoms with Crippen molar-refractivity contribution in [3.8, 4) is 0 Å². The van der Waals surface area contributed by atoms with Gasteiger partial charge < -0.3 is 15.4 Å². The first-order valence-corrected chi connectivity index (χ1v) is 10.3. The Balaban J connectivity index is 1.52. The predicted molar refractivity (Wildman–Crippen MR) is 116 cm³/mol. The number of aryl methyl sites for hydroxylation is 1. The molecule has 1 aliphatic heterocycles. The highest BCUT2D eigenvalue weighted by molar-refractivity contribution is 5.98. The van der Waals surface area contributed by atoms with E-state index in [1.165, 1.54) is 12.1 Å². The number of anilines is 1. The number of carbonyl (C=O) groups is 1. The zero-order chi connectivity index (χ0) is 23.3. The van der Waals surface area contributed by atoms with Crippen LogP contribution in [-0.2, 0) is 10.9 Å². The van der Waals surface area contributed by atoms with Crippen LogP contribution in [0.2, 0.25) is 0 Å². The highest BCUT2D eigenvalue weighted by Gasteiger charge is 2.33. The van der Waals surface area contributed by atoms with Crippen molar-refractivity contribution in [3.05, 3.63) is 71.2 Å². The van der Waals surface area contributed by atoms with Gasteiger partial charge in [0, 0.05) is 12.1 Å². The first-order valence-electron chi connectivity index (χ1n) is 10.3. The van der Waals surface area contributed by atoms with Crippen LogP contribution in [0.25, 0.3) is 16.6 Å². The molecule has 0 unspecified atom stereocenters. The molecule has 5 rings (SSSR count). The number of hydrogen-bond donors (Lipinski definition) is 1. The van der Waals surface area contributed by atoms with Gasteiger partial charge in [0.1, 0.15) is 17.2 Å². The third-order valence-electron chi connectivity index (χ3n) is 5.92. The summed E-state index contributed by atoms with van der Waals surface area (Å²) in [6.45, 7) is 2.71. The second kappa shape index (κ2) is 7.73. The minimum Gasteiger partial charge on any atom is -0.382 e. The summed E-state index contributed by atoms with van der Waals surface area (Å²) in [4.78, 5) is 23.8. The topological polar surface area (TPSA) is 85.8 Å². The number of carbonyl (C=O) groups excluding carboxylic acids is 1. The van der Waals surface area contributed by atoms with Gasteiger partial charge in [-0.05, 0) is 42.8 Å². The second-order valence-electron chi connectivity index (χ2n) is 7.94. The lowest BCUT2D eigenvalue weighted by Gasteiger charge is -2.36. The largest absolute Gasteiger partial charge is 0.416 e. The number of halogens is 3. The highest BCUT2D eigenvalue weighted by Crippen LogP contribution is 2.32. The summed E-state index contributed by atoms with van der Waals surface area (Å²) in [5.74, 6) is 0.813. The normalized spacial score (nSPS) is 17.1. The van der Waals surface area contributed by atoms with Crippen molar-refractivity contribution in [2.24, 2.45) is 0 Å². The summed E-state index contributed by atoms with van der Waals surface area (Å²) >= 11 is 0. The molecule has 7 nitrogen and oxygen atoms in total. The molecular weight excluding hydrogens is 435 g/mol. The Kier molecular flexibility index (Phi) is 4.97. The Hall–Kier alpha value is -3.66. The average molecular weight is 455 g/mol. The fraction of sp³-hybridized carbons (Fsp3) is 0.261. The van der Waals surface area contributed by atoms with Crippen molar-refractivity contribution in [3.63, 3.8) is 0 Å². The standard InChI is InChI=1S/C23H20F3N5O2/c1-13-28-11-19-21(27)29-17-7-4-15(10-18(17)31(13)19)22(32)30-8-9-33-12-20(30)14-2-5-16(6-3-14)23(24,25)26/h2-7,10-11,20H,8-9,12H2,1H3,(H2,27,29)/t20-/m0/s1. The summed E-state index contributed by atoms with van der Waals surface area (Å²) < 4.78 is 46.2. The van der Waals surface area contributed by atoms with Crippen LogP contribution in [0.15, 0.2) is 48.7 Å². The fourth-order valence-corrected chi connectivity index (χ4v) is 4.23. The van der Waals surface area contributed by atoms with E-state index < -0.39 is 17.8 Å². The molecule has 2 aromatic carbocycles. The maximum atomic E-state index is 13.5. The molecule has 0 spiro atoms. The van der Waals surface area contributed by atoms with E-state index in [-0.39, 0.29) is 12.5 Å². The van der Waals surface area contributed by atoms with E-state index in [0.717, 1.165) is 12.1 Å². The summed E-state index contributed by atoms with van der Waals surface area (Å²) in [5, 5.41) is 0. The van der Waals surface area contributed by atoms with Gasteiger partial charge in [0.15, 0.2) is 0 Å². The number of nitrogens with two attached hydrogens (primary N) is 1. The maximum Gasteiger partial charge on any atom is 0.416 e. The summed E-state index contributed by atoms with van der Waals surface area (Å²) in [6.07, 6.45) is -2.79. The van der Waals surface area contributed by atoms with E-state index in [1.807, 2.05) is 11.3 Å². The van der Waals surface area contributed by atoms with Crippen LogP contribution in [0.3, 0.4) is 0 Å². The van der Waals surface area contributed by atoms with Crippen LogP contribution in [0, 0.1) is 6.92 Å². The lowest BCUT2D eigenvalue weighted by molar-refractivity contribution is -0.137. The number of nitrogen functional groups attached to an aromatic ring is 1. The number of hydrogen-bond acceptors (Lipinski definition) is 5. The van der Waals surface area contributed by atoms with E-state index >= 15 is 0 Å². The van der Waals surface area contributed by atoms with Crippen LogP contribution in [-0.4, -0.2) is 44.9 Å². The van der Waals surface area contributed by atoms with E-state index in [4.69, 9.17) is 10.5 Å². The molecule has 1 aliphatic rings. The van der Waals surface area contributed by atoms with E-state index in [1.54, 1.807) is 29.3 Å². The molecule has 4 aromatic rings. The lowest BCUT2D eigenvalue weighted by atomic mass is 10.0. The van der Waals surface area contributed by atoms with Crippen molar-refractivity contribution in [2.75, 3.05) is 25.5 Å². The molecule has 3 heterocycles. The van der Waals surface area contributed by atoms with Crippen molar-refractivity contribution < 1.29 is 22.7 Å².